The molecule has 24 heavy (non-hydrogen) atoms. The topological polar surface area (TPSA) is 12.5 Å². The summed E-state index contributed by atoms with van der Waals surface area (Å²) in [6.45, 7) is 16.4. The fourth-order valence-electron chi connectivity index (χ4n) is 4.55. The van der Waals surface area contributed by atoms with Crippen molar-refractivity contribution in [2.45, 2.75) is 83.3 Å². The number of likely N-dealkylation sites (tertiary alicyclic amines) is 1. The maximum absolute atomic E-state index is 6.57. The van der Waals surface area contributed by atoms with E-state index in [9.17, 15) is 0 Å². The van der Waals surface area contributed by atoms with Crippen LogP contribution >= 0.6 is 0 Å². The number of ether oxygens (including phenoxy) is 1. The van der Waals surface area contributed by atoms with Gasteiger partial charge < -0.3 is 4.74 Å². The summed E-state index contributed by atoms with van der Waals surface area (Å²) in [4.78, 5) is 2.78. The number of benzene rings is 1. The quantitative estimate of drug-likeness (QED) is 0.531. The van der Waals surface area contributed by atoms with Crippen LogP contribution in [0.25, 0.3) is 0 Å². The van der Waals surface area contributed by atoms with Crippen LogP contribution < -0.4 is 0 Å². The summed E-state index contributed by atoms with van der Waals surface area (Å²) in [6.07, 6.45) is 5.12. The zero-order valence-electron chi connectivity index (χ0n) is 16.6. The zero-order valence-corrected chi connectivity index (χ0v) is 17.8. The lowest BCUT2D eigenvalue weighted by Crippen LogP contribution is -2.69. The van der Waals surface area contributed by atoms with Crippen LogP contribution in [-0.4, -0.2) is 38.5 Å². The summed E-state index contributed by atoms with van der Waals surface area (Å²) in [5.41, 5.74) is 1.63. The van der Waals surface area contributed by atoms with E-state index in [0.717, 1.165) is 13.0 Å². The smallest absolute Gasteiger partial charge is 0.0768 e. The number of rotatable bonds is 6. The predicted octanol–water partition coefficient (Wildman–Crippen LogP) is 4.99. The molecule has 1 aromatic carbocycles. The summed E-state index contributed by atoms with van der Waals surface area (Å²) in [5, 5.41) is 0.0888. The number of unbranched alkanes of at least 4 members (excludes halogenated alkanes) is 1. The Morgan fingerprint density at radius 2 is 1.88 bits per heavy atom. The molecule has 2 nitrogen and oxygen atoms in total. The van der Waals surface area contributed by atoms with Crippen molar-refractivity contribution in [2.75, 3.05) is 13.2 Å². The Balaban J connectivity index is 2.52. The third-order valence-corrected chi connectivity index (χ3v) is 8.31. The molecule has 136 valence electrons. The minimum absolute atomic E-state index is 0.0888. The molecular weight excluding hydrogens is 310 g/mol. The Morgan fingerprint density at radius 1 is 1.21 bits per heavy atom. The predicted molar refractivity (Wildman–Crippen MR) is 107 cm³/mol. The molecule has 2 atom stereocenters. The van der Waals surface area contributed by atoms with E-state index in [1.54, 1.807) is 0 Å². The van der Waals surface area contributed by atoms with Gasteiger partial charge in [0.1, 0.15) is 0 Å². The Hall–Kier alpha value is -0.643. The van der Waals surface area contributed by atoms with Crippen molar-refractivity contribution in [1.29, 1.82) is 0 Å². The van der Waals surface area contributed by atoms with Gasteiger partial charge in [0, 0.05) is 12.1 Å². The van der Waals surface area contributed by atoms with E-state index in [0.29, 0.717) is 6.10 Å². The van der Waals surface area contributed by atoms with Crippen LogP contribution in [0.3, 0.4) is 0 Å². The molecule has 0 radical (unpaired) electrons. The van der Waals surface area contributed by atoms with Crippen molar-refractivity contribution in [2.24, 2.45) is 0 Å². The van der Waals surface area contributed by atoms with Crippen LogP contribution in [0.15, 0.2) is 30.3 Å². The van der Waals surface area contributed by atoms with E-state index in [2.05, 4.69) is 76.0 Å². The van der Waals surface area contributed by atoms with Crippen molar-refractivity contribution < 1.29 is 4.74 Å². The lowest BCUT2D eigenvalue weighted by Gasteiger charge is -2.59. The fraction of sp³-hybridized carbons (Fsp3) is 0.714. The number of nitrogens with zero attached hydrogens (tertiary/aromatic N) is 1. The third-order valence-electron chi connectivity index (χ3n) is 5.53. The molecule has 2 rings (SSSR count). The Labute approximate surface area is 151 Å². The highest BCUT2D eigenvalue weighted by atomic mass is 28.3. The molecule has 0 bridgehead atoms. The van der Waals surface area contributed by atoms with Crippen molar-refractivity contribution in [1.82, 2.24) is 4.90 Å². The minimum Gasteiger partial charge on any atom is -0.376 e. The van der Waals surface area contributed by atoms with Crippen LogP contribution in [-0.2, 0) is 9.90 Å². The lowest BCUT2D eigenvalue weighted by atomic mass is 9.86. The van der Waals surface area contributed by atoms with E-state index >= 15 is 0 Å². The maximum Gasteiger partial charge on any atom is 0.0768 e. The van der Waals surface area contributed by atoms with E-state index in [1.165, 1.54) is 31.4 Å². The lowest BCUT2D eigenvalue weighted by molar-refractivity contribution is -0.1000. The molecular formula is C21H37NOSi. The summed E-state index contributed by atoms with van der Waals surface area (Å²) in [7, 11) is -1.08. The third kappa shape index (κ3) is 3.78. The van der Waals surface area contributed by atoms with Gasteiger partial charge in [-0.2, -0.15) is 0 Å². The van der Waals surface area contributed by atoms with Crippen LogP contribution in [0.4, 0.5) is 0 Å². The van der Waals surface area contributed by atoms with E-state index in [-0.39, 0.29) is 10.7 Å². The molecule has 0 spiro atoms. The second-order valence-electron chi connectivity index (χ2n) is 8.52. The minimum atomic E-state index is -1.08. The average Bonchev–Trinajstić information content (AvgIpc) is 2.54. The molecule has 0 aliphatic carbocycles. The Bertz CT molecular complexity index is 496. The zero-order chi connectivity index (χ0) is 17.8. The van der Waals surface area contributed by atoms with E-state index < -0.39 is 8.80 Å². The van der Waals surface area contributed by atoms with Gasteiger partial charge in [0.2, 0.25) is 0 Å². The first kappa shape index (κ1) is 19.7. The van der Waals surface area contributed by atoms with Gasteiger partial charge in [-0.15, -0.1) is 0 Å². The molecule has 0 aromatic heterocycles. The summed E-state index contributed by atoms with van der Waals surface area (Å²) in [5.74, 6) is 0. The molecule has 1 heterocycles. The fourth-order valence-corrected chi connectivity index (χ4v) is 7.55. The maximum atomic E-state index is 6.57. The second-order valence-corrected chi connectivity index (χ2v) is 11.7. The molecule has 1 saturated heterocycles. The van der Waals surface area contributed by atoms with Gasteiger partial charge in [0.15, 0.2) is 0 Å². The number of hydrogen-bond acceptors (Lipinski definition) is 2. The summed E-state index contributed by atoms with van der Waals surface area (Å²) < 4.78 is 6.57. The van der Waals surface area contributed by atoms with E-state index in [1.807, 2.05) is 0 Å². The Kier molecular flexibility index (Phi) is 6.69. The largest absolute Gasteiger partial charge is 0.376 e. The van der Waals surface area contributed by atoms with E-state index in [4.69, 9.17) is 4.74 Å². The molecule has 1 aromatic rings. The molecule has 1 aliphatic heterocycles. The van der Waals surface area contributed by atoms with Crippen molar-refractivity contribution >= 4 is 8.80 Å². The van der Waals surface area contributed by atoms with Crippen LogP contribution in [0.1, 0.15) is 58.9 Å². The molecule has 0 amide bonds. The highest BCUT2D eigenvalue weighted by Crippen LogP contribution is 2.45. The first-order valence-corrected chi connectivity index (χ1v) is 12.7. The second kappa shape index (κ2) is 8.16. The Morgan fingerprint density at radius 3 is 2.42 bits per heavy atom. The first-order chi connectivity index (χ1) is 11.3. The summed E-state index contributed by atoms with van der Waals surface area (Å²) >= 11 is 0. The van der Waals surface area contributed by atoms with Gasteiger partial charge in [-0.1, -0.05) is 56.8 Å². The summed E-state index contributed by atoms with van der Waals surface area (Å²) in [6, 6.07) is 11.2. The normalized spacial score (nSPS) is 26.0. The number of hydrogen-bond donors (Lipinski definition) is 0. The standard InChI is InChI=1S/C21H37NOSi/c1-7-8-17-23-19-15-12-16-22(20(2,3)4)21(19,24(5)6)18-13-10-9-11-14-18/h9-11,13-14,19,24H,7-8,12,15-17H2,1-6H3. The molecule has 1 aliphatic rings. The molecule has 3 heteroatoms. The van der Waals surface area contributed by atoms with Gasteiger partial charge in [0.25, 0.3) is 0 Å². The van der Waals surface area contributed by atoms with Crippen LogP contribution in [0, 0.1) is 0 Å². The van der Waals surface area contributed by atoms with Gasteiger partial charge in [0.05, 0.1) is 20.1 Å². The monoisotopic (exact) mass is 347 g/mol. The van der Waals surface area contributed by atoms with Gasteiger partial charge in [-0.25, -0.2) is 0 Å². The van der Waals surface area contributed by atoms with Gasteiger partial charge >= 0.3 is 0 Å². The number of piperidine rings is 1. The molecule has 0 N–H and O–H groups in total. The highest BCUT2D eigenvalue weighted by molar-refractivity contribution is 6.59. The van der Waals surface area contributed by atoms with Crippen molar-refractivity contribution in [3.8, 4) is 0 Å². The molecule has 0 saturated carbocycles. The highest BCUT2D eigenvalue weighted by Gasteiger charge is 2.53. The average molecular weight is 348 g/mol. The van der Waals surface area contributed by atoms with Gasteiger partial charge in [-0.3, -0.25) is 4.90 Å². The SMILES string of the molecule is CCCCOC1CCCN(C(C)(C)C)C1(c1ccccc1)[SiH](C)C. The van der Waals surface area contributed by atoms with Crippen molar-refractivity contribution in [3.05, 3.63) is 35.9 Å². The molecule has 1 fully saturated rings. The van der Waals surface area contributed by atoms with Crippen molar-refractivity contribution in [3.63, 3.8) is 0 Å². The van der Waals surface area contributed by atoms with Crippen LogP contribution in [0.2, 0.25) is 13.1 Å². The molecule has 2 unspecified atom stereocenters. The first-order valence-electron chi connectivity index (χ1n) is 9.80. The van der Waals surface area contributed by atoms with Gasteiger partial charge in [-0.05, 0) is 52.1 Å². The van der Waals surface area contributed by atoms with Crippen LogP contribution in [0.5, 0.6) is 0 Å².